The average molecular weight is 403 g/mol. The largest absolute Gasteiger partial charge is 0.332 e. The standard InChI is InChI=1S/C25H26N2OS/c1-3-18(2)21-16-10-11-17-22(21)26-25(29)27-24(28)23(19-12-6-4-7-13-19)20-14-8-5-9-15-20/h4-18,23H,3H2,1-2H3,(H2,26,27,28,29). The van der Waals surface area contributed by atoms with Crippen molar-refractivity contribution in [3.05, 3.63) is 102 Å². The van der Waals surface area contributed by atoms with Crippen LogP contribution in [0, 0.1) is 0 Å². The van der Waals surface area contributed by atoms with Crippen LogP contribution in [-0.2, 0) is 4.79 Å². The first-order valence-corrected chi connectivity index (χ1v) is 10.3. The SMILES string of the molecule is CCC(C)c1ccccc1NC(=S)NC(=O)C(c1ccccc1)c1ccccc1. The van der Waals surface area contributed by atoms with Crippen molar-refractivity contribution in [2.45, 2.75) is 32.1 Å². The molecule has 0 aliphatic carbocycles. The fraction of sp³-hybridized carbons (Fsp3) is 0.200. The minimum atomic E-state index is -0.429. The van der Waals surface area contributed by atoms with Gasteiger partial charge in [0, 0.05) is 5.69 Å². The average Bonchev–Trinajstić information content (AvgIpc) is 2.75. The molecule has 0 aliphatic rings. The summed E-state index contributed by atoms with van der Waals surface area (Å²) in [5.74, 6) is -0.179. The van der Waals surface area contributed by atoms with Crippen LogP contribution in [0.2, 0.25) is 0 Å². The Hall–Kier alpha value is -2.98. The molecule has 0 bridgehead atoms. The molecule has 4 heteroatoms. The summed E-state index contributed by atoms with van der Waals surface area (Å²) in [4.78, 5) is 13.2. The Morgan fingerprint density at radius 1 is 0.862 bits per heavy atom. The lowest BCUT2D eigenvalue weighted by Crippen LogP contribution is -2.38. The molecule has 3 aromatic rings. The Morgan fingerprint density at radius 3 is 1.93 bits per heavy atom. The third kappa shape index (κ3) is 5.30. The summed E-state index contributed by atoms with van der Waals surface area (Å²) in [5.41, 5.74) is 3.98. The number of carbonyl (C=O) groups is 1. The molecule has 0 spiro atoms. The zero-order valence-corrected chi connectivity index (χ0v) is 17.6. The van der Waals surface area contributed by atoms with Gasteiger partial charge in [0.2, 0.25) is 5.91 Å². The molecule has 29 heavy (non-hydrogen) atoms. The molecule has 0 saturated carbocycles. The van der Waals surface area contributed by atoms with Crippen molar-refractivity contribution in [2.24, 2.45) is 0 Å². The fourth-order valence-electron chi connectivity index (χ4n) is 3.38. The monoisotopic (exact) mass is 402 g/mol. The van der Waals surface area contributed by atoms with E-state index in [9.17, 15) is 4.79 Å². The number of rotatable bonds is 6. The van der Waals surface area contributed by atoms with Gasteiger partial charge < -0.3 is 10.6 Å². The summed E-state index contributed by atoms with van der Waals surface area (Å²) >= 11 is 5.47. The molecule has 1 amide bonds. The number of hydrogen-bond donors (Lipinski definition) is 2. The first kappa shape index (κ1) is 20.7. The van der Waals surface area contributed by atoms with Crippen LogP contribution in [0.3, 0.4) is 0 Å². The molecule has 0 radical (unpaired) electrons. The molecule has 3 rings (SSSR count). The molecule has 1 atom stereocenters. The summed E-state index contributed by atoms with van der Waals surface area (Å²) in [6.45, 7) is 4.34. The van der Waals surface area contributed by atoms with E-state index in [1.807, 2.05) is 78.9 Å². The van der Waals surface area contributed by atoms with Crippen LogP contribution in [0.5, 0.6) is 0 Å². The van der Waals surface area contributed by atoms with E-state index in [1.54, 1.807) is 0 Å². The second-order valence-electron chi connectivity index (χ2n) is 7.09. The van der Waals surface area contributed by atoms with E-state index in [-0.39, 0.29) is 5.91 Å². The van der Waals surface area contributed by atoms with Crippen LogP contribution in [0.15, 0.2) is 84.9 Å². The van der Waals surface area contributed by atoms with Gasteiger partial charge in [-0.15, -0.1) is 0 Å². The summed E-state index contributed by atoms with van der Waals surface area (Å²) in [6.07, 6.45) is 1.03. The van der Waals surface area contributed by atoms with Crippen LogP contribution >= 0.6 is 12.2 Å². The molecular formula is C25H26N2OS. The second kappa shape index (κ2) is 9.99. The molecule has 2 N–H and O–H groups in total. The summed E-state index contributed by atoms with van der Waals surface area (Å²) in [6, 6.07) is 27.6. The third-order valence-corrected chi connectivity index (χ3v) is 5.32. The van der Waals surface area contributed by atoms with Gasteiger partial charge in [0.25, 0.3) is 0 Å². The third-order valence-electron chi connectivity index (χ3n) is 5.12. The predicted octanol–water partition coefficient (Wildman–Crippen LogP) is 5.85. The van der Waals surface area contributed by atoms with Gasteiger partial charge >= 0.3 is 0 Å². The highest BCUT2D eigenvalue weighted by atomic mass is 32.1. The van der Waals surface area contributed by atoms with E-state index in [0.29, 0.717) is 11.0 Å². The van der Waals surface area contributed by atoms with Crippen LogP contribution < -0.4 is 10.6 Å². The first-order chi connectivity index (χ1) is 14.1. The van der Waals surface area contributed by atoms with E-state index in [4.69, 9.17) is 12.2 Å². The lowest BCUT2D eigenvalue weighted by Gasteiger charge is -2.20. The molecule has 1 unspecified atom stereocenters. The van der Waals surface area contributed by atoms with Crippen molar-refractivity contribution in [2.75, 3.05) is 5.32 Å². The maximum absolute atomic E-state index is 13.2. The zero-order valence-electron chi connectivity index (χ0n) is 16.8. The lowest BCUT2D eigenvalue weighted by molar-refractivity contribution is -0.120. The van der Waals surface area contributed by atoms with Crippen molar-refractivity contribution in [3.63, 3.8) is 0 Å². The molecule has 148 valence electrons. The quantitative estimate of drug-likeness (QED) is 0.509. The van der Waals surface area contributed by atoms with Gasteiger partial charge in [-0.1, -0.05) is 92.7 Å². The van der Waals surface area contributed by atoms with Crippen LogP contribution in [-0.4, -0.2) is 11.0 Å². The molecule has 0 fully saturated rings. The van der Waals surface area contributed by atoms with Crippen LogP contribution in [0.1, 0.15) is 48.8 Å². The number of amides is 1. The Morgan fingerprint density at radius 2 is 1.38 bits per heavy atom. The number of para-hydroxylation sites is 1. The molecule has 3 nitrogen and oxygen atoms in total. The Bertz CT molecular complexity index is 917. The van der Waals surface area contributed by atoms with E-state index in [2.05, 4.69) is 30.5 Å². The van der Waals surface area contributed by atoms with Gasteiger partial charge in [-0.05, 0) is 47.3 Å². The highest BCUT2D eigenvalue weighted by Gasteiger charge is 2.23. The summed E-state index contributed by atoms with van der Waals surface area (Å²) in [7, 11) is 0. The number of hydrogen-bond acceptors (Lipinski definition) is 2. The normalized spacial score (nSPS) is 11.7. The number of thiocarbonyl (C=S) groups is 1. The van der Waals surface area contributed by atoms with Gasteiger partial charge in [0.1, 0.15) is 0 Å². The van der Waals surface area contributed by atoms with E-state index in [0.717, 1.165) is 23.2 Å². The molecule has 0 aliphatic heterocycles. The van der Waals surface area contributed by atoms with Gasteiger partial charge in [-0.2, -0.15) is 0 Å². The van der Waals surface area contributed by atoms with E-state index in [1.165, 1.54) is 5.56 Å². The van der Waals surface area contributed by atoms with Crippen molar-refractivity contribution in [1.29, 1.82) is 0 Å². The molecule has 0 aromatic heterocycles. The fourth-order valence-corrected chi connectivity index (χ4v) is 3.59. The van der Waals surface area contributed by atoms with Gasteiger partial charge in [-0.25, -0.2) is 0 Å². The van der Waals surface area contributed by atoms with Crippen molar-refractivity contribution >= 4 is 28.9 Å². The summed E-state index contributed by atoms with van der Waals surface area (Å²) < 4.78 is 0. The maximum atomic E-state index is 13.2. The number of benzene rings is 3. The van der Waals surface area contributed by atoms with Crippen LogP contribution in [0.4, 0.5) is 5.69 Å². The highest BCUT2D eigenvalue weighted by Crippen LogP contribution is 2.27. The second-order valence-corrected chi connectivity index (χ2v) is 7.50. The lowest BCUT2D eigenvalue weighted by atomic mass is 9.90. The van der Waals surface area contributed by atoms with Crippen molar-refractivity contribution in [1.82, 2.24) is 5.32 Å². The predicted molar refractivity (Wildman–Crippen MR) is 124 cm³/mol. The number of carbonyl (C=O) groups excluding carboxylic acids is 1. The maximum Gasteiger partial charge on any atom is 0.238 e. The smallest absolute Gasteiger partial charge is 0.238 e. The minimum absolute atomic E-state index is 0.152. The minimum Gasteiger partial charge on any atom is -0.332 e. The molecule has 0 saturated heterocycles. The van der Waals surface area contributed by atoms with E-state index < -0.39 is 5.92 Å². The van der Waals surface area contributed by atoms with Gasteiger partial charge in [0.05, 0.1) is 5.92 Å². The van der Waals surface area contributed by atoms with E-state index >= 15 is 0 Å². The Kier molecular flexibility index (Phi) is 7.14. The van der Waals surface area contributed by atoms with Crippen molar-refractivity contribution in [3.8, 4) is 0 Å². The van der Waals surface area contributed by atoms with Gasteiger partial charge in [-0.3, -0.25) is 4.79 Å². The van der Waals surface area contributed by atoms with Crippen molar-refractivity contribution < 1.29 is 4.79 Å². The number of nitrogens with one attached hydrogen (secondary N) is 2. The highest BCUT2D eigenvalue weighted by molar-refractivity contribution is 7.80. The van der Waals surface area contributed by atoms with Gasteiger partial charge in [0.15, 0.2) is 5.11 Å². The van der Waals surface area contributed by atoms with Crippen LogP contribution in [0.25, 0.3) is 0 Å². The molecule has 0 heterocycles. The topological polar surface area (TPSA) is 41.1 Å². The summed E-state index contributed by atoms with van der Waals surface area (Å²) in [5, 5.41) is 6.41. The first-order valence-electron chi connectivity index (χ1n) is 9.90. The molecular weight excluding hydrogens is 376 g/mol. The Labute approximate surface area is 178 Å². The molecule has 3 aromatic carbocycles. The number of anilines is 1. The zero-order chi connectivity index (χ0) is 20.6. The Balaban J connectivity index is 1.79.